The Morgan fingerprint density at radius 1 is 1.08 bits per heavy atom. The molecular weight excluding hydrogens is 316 g/mol. The second-order valence-electron chi connectivity index (χ2n) is 6.32. The van der Waals surface area contributed by atoms with Crippen LogP contribution in [0.1, 0.15) is 18.1 Å². The highest BCUT2D eigenvalue weighted by Gasteiger charge is 2.48. The smallest absolute Gasteiger partial charge is 0.244 e. The first-order valence-electron chi connectivity index (χ1n) is 8.23. The first-order chi connectivity index (χ1) is 12.0. The number of carbonyl (C=O) groups excluding carboxylic acids is 3. The van der Waals surface area contributed by atoms with Gasteiger partial charge in [-0.1, -0.05) is 42.5 Å². The topological polar surface area (TPSA) is 66.5 Å². The lowest BCUT2D eigenvalue weighted by Gasteiger charge is -2.20. The van der Waals surface area contributed by atoms with Crippen LogP contribution in [0.2, 0.25) is 0 Å². The van der Waals surface area contributed by atoms with E-state index in [0.29, 0.717) is 12.2 Å². The Morgan fingerprint density at radius 3 is 2.48 bits per heavy atom. The Morgan fingerprint density at radius 2 is 1.80 bits per heavy atom. The SMILES string of the molecule is Cc1cccc(NC(=O)C2C(=O)C(C)N(Cc3ccccc3)C2=O)c1. The van der Waals surface area contributed by atoms with Crippen LogP contribution >= 0.6 is 0 Å². The van der Waals surface area contributed by atoms with Crippen molar-refractivity contribution in [1.29, 1.82) is 0 Å². The second kappa shape index (κ2) is 6.89. The zero-order valence-electron chi connectivity index (χ0n) is 14.2. The van der Waals surface area contributed by atoms with Crippen LogP contribution < -0.4 is 5.32 Å². The quantitative estimate of drug-likeness (QED) is 0.873. The lowest BCUT2D eigenvalue weighted by atomic mass is 10.0. The van der Waals surface area contributed by atoms with Crippen molar-refractivity contribution in [3.05, 3.63) is 65.7 Å². The molecule has 1 N–H and O–H groups in total. The zero-order chi connectivity index (χ0) is 18.0. The predicted molar refractivity (Wildman–Crippen MR) is 94.8 cm³/mol. The van der Waals surface area contributed by atoms with Crippen molar-refractivity contribution < 1.29 is 14.4 Å². The van der Waals surface area contributed by atoms with Gasteiger partial charge in [0.1, 0.15) is 0 Å². The summed E-state index contributed by atoms with van der Waals surface area (Å²) in [4.78, 5) is 39.1. The summed E-state index contributed by atoms with van der Waals surface area (Å²) in [5.41, 5.74) is 2.50. The van der Waals surface area contributed by atoms with Crippen LogP contribution in [-0.2, 0) is 20.9 Å². The van der Waals surface area contributed by atoms with E-state index in [-0.39, 0.29) is 5.78 Å². The molecule has 2 aromatic carbocycles. The number of nitrogens with zero attached hydrogens (tertiary/aromatic N) is 1. The van der Waals surface area contributed by atoms with Crippen LogP contribution in [0.15, 0.2) is 54.6 Å². The maximum absolute atomic E-state index is 12.7. The molecule has 2 amide bonds. The molecule has 0 spiro atoms. The molecule has 1 saturated heterocycles. The summed E-state index contributed by atoms with van der Waals surface area (Å²) in [6.07, 6.45) is 0. The van der Waals surface area contributed by atoms with Crippen molar-refractivity contribution in [2.45, 2.75) is 26.4 Å². The molecule has 1 aliphatic rings. The predicted octanol–water partition coefficient (Wildman–Crippen LogP) is 2.55. The van der Waals surface area contributed by atoms with Gasteiger partial charge in [-0.25, -0.2) is 0 Å². The number of benzene rings is 2. The van der Waals surface area contributed by atoms with Crippen LogP contribution in [-0.4, -0.2) is 28.5 Å². The van der Waals surface area contributed by atoms with E-state index >= 15 is 0 Å². The standard InChI is InChI=1S/C20H20N2O3/c1-13-7-6-10-16(11-13)21-19(24)17-18(23)14(2)22(20(17)25)12-15-8-4-3-5-9-15/h3-11,14,17H,12H2,1-2H3,(H,21,24). The van der Waals surface area contributed by atoms with Gasteiger partial charge in [0.25, 0.3) is 0 Å². The number of likely N-dealkylation sites (tertiary alicyclic amines) is 1. The molecule has 2 atom stereocenters. The summed E-state index contributed by atoms with van der Waals surface area (Å²) in [6.45, 7) is 3.90. The Kier molecular flexibility index (Phi) is 4.65. The Labute approximate surface area is 146 Å². The van der Waals surface area contributed by atoms with Crippen molar-refractivity contribution >= 4 is 23.3 Å². The first-order valence-corrected chi connectivity index (χ1v) is 8.23. The minimum Gasteiger partial charge on any atom is -0.327 e. The number of hydrogen-bond acceptors (Lipinski definition) is 3. The highest BCUT2D eigenvalue weighted by Crippen LogP contribution is 2.25. The van der Waals surface area contributed by atoms with Gasteiger partial charge in [-0.2, -0.15) is 0 Å². The van der Waals surface area contributed by atoms with E-state index in [1.807, 2.05) is 49.4 Å². The number of carbonyl (C=O) groups is 3. The number of anilines is 1. The maximum Gasteiger partial charge on any atom is 0.244 e. The van der Waals surface area contributed by atoms with Crippen LogP contribution in [0.3, 0.4) is 0 Å². The van der Waals surface area contributed by atoms with Crippen molar-refractivity contribution in [2.75, 3.05) is 5.32 Å². The van der Waals surface area contributed by atoms with Gasteiger partial charge in [0.15, 0.2) is 11.7 Å². The molecule has 25 heavy (non-hydrogen) atoms. The van der Waals surface area contributed by atoms with E-state index in [0.717, 1.165) is 11.1 Å². The summed E-state index contributed by atoms with van der Waals surface area (Å²) >= 11 is 0. The number of ketones is 1. The molecule has 1 heterocycles. The molecule has 0 aliphatic carbocycles. The summed E-state index contributed by atoms with van der Waals surface area (Å²) in [5.74, 6) is -2.64. The summed E-state index contributed by atoms with van der Waals surface area (Å²) < 4.78 is 0. The van der Waals surface area contributed by atoms with Crippen LogP contribution in [0.25, 0.3) is 0 Å². The Bertz CT molecular complexity index is 817. The molecule has 3 rings (SSSR count). The number of Topliss-reactive ketones (excluding diaryl/α,β-unsaturated/α-hetero) is 1. The lowest BCUT2D eigenvalue weighted by molar-refractivity contribution is -0.138. The number of aryl methyl sites for hydroxylation is 1. The maximum atomic E-state index is 12.7. The van der Waals surface area contributed by atoms with E-state index in [9.17, 15) is 14.4 Å². The largest absolute Gasteiger partial charge is 0.327 e. The third kappa shape index (κ3) is 3.45. The van der Waals surface area contributed by atoms with Crippen molar-refractivity contribution in [2.24, 2.45) is 5.92 Å². The number of amides is 2. The third-order valence-electron chi connectivity index (χ3n) is 4.44. The molecular formula is C20H20N2O3. The van der Waals surface area contributed by atoms with Gasteiger partial charge in [0.2, 0.25) is 11.8 Å². The molecule has 2 aromatic rings. The van der Waals surface area contributed by atoms with Crippen LogP contribution in [0.5, 0.6) is 0 Å². The molecule has 0 radical (unpaired) electrons. The highest BCUT2D eigenvalue weighted by atomic mass is 16.2. The molecule has 5 heteroatoms. The molecule has 0 saturated carbocycles. The molecule has 2 unspecified atom stereocenters. The van der Waals surface area contributed by atoms with Gasteiger partial charge >= 0.3 is 0 Å². The first kappa shape index (κ1) is 16.9. The number of rotatable bonds is 4. The molecule has 5 nitrogen and oxygen atoms in total. The van der Waals surface area contributed by atoms with Gasteiger partial charge in [-0.05, 0) is 37.1 Å². The fourth-order valence-corrected chi connectivity index (χ4v) is 3.05. The normalized spacial score (nSPS) is 20.0. The van der Waals surface area contributed by atoms with Gasteiger partial charge in [0, 0.05) is 12.2 Å². The van der Waals surface area contributed by atoms with Gasteiger partial charge in [0.05, 0.1) is 6.04 Å². The average molecular weight is 336 g/mol. The molecule has 0 aromatic heterocycles. The minimum atomic E-state index is -1.28. The molecule has 1 aliphatic heterocycles. The summed E-state index contributed by atoms with van der Waals surface area (Å²) in [5, 5.41) is 2.68. The van der Waals surface area contributed by atoms with Crippen molar-refractivity contribution in [3.63, 3.8) is 0 Å². The van der Waals surface area contributed by atoms with Crippen LogP contribution in [0, 0.1) is 12.8 Å². The van der Waals surface area contributed by atoms with E-state index < -0.39 is 23.8 Å². The van der Waals surface area contributed by atoms with Crippen molar-refractivity contribution in [3.8, 4) is 0 Å². The molecule has 1 fully saturated rings. The highest BCUT2D eigenvalue weighted by molar-refractivity contribution is 6.26. The van der Waals surface area contributed by atoms with E-state index in [2.05, 4.69) is 5.32 Å². The molecule has 128 valence electrons. The van der Waals surface area contributed by atoms with E-state index in [4.69, 9.17) is 0 Å². The average Bonchev–Trinajstić information content (AvgIpc) is 2.79. The summed E-state index contributed by atoms with van der Waals surface area (Å²) in [6, 6.07) is 16.1. The third-order valence-corrected chi connectivity index (χ3v) is 4.44. The van der Waals surface area contributed by atoms with Crippen molar-refractivity contribution in [1.82, 2.24) is 4.90 Å². The van der Waals surface area contributed by atoms with Gasteiger partial charge in [-0.3, -0.25) is 14.4 Å². The minimum absolute atomic E-state index is 0.320. The summed E-state index contributed by atoms with van der Waals surface area (Å²) in [7, 11) is 0. The van der Waals surface area contributed by atoms with E-state index in [1.54, 1.807) is 19.1 Å². The van der Waals surface area contributed by atoms with Gasteiger partial charge in [-0.15, -0.1) is 0 Å². The monoisotopic (exact) mass is 336 g/mol. The van der Waals surface area contributed by atoms with Gasteiger partial charge < -0.3 is 10.2 Å². The second-order valence-corrected chi connectivity index (χ2v) is 6.32. The zero-order valence-corrected chi connectivity index (χ0v) is 14.2. The Balaban J connectivity index is 1.76. The Hall–Kier alpha value is -2.95. The fourth-order valence-electron chi connectivity index (χ4n) is 3.05. The van der Waals surface area contributed by atoms with E-state index in [1.165, 1.54) is 4.90 Å². The fraction of sp³-hybridized carbons (Fsp3) is 0.250. The number of hydrogen-bond donors (Lipinski definition) is 1. The molecule has 0 bridgehead atoms. The number of nitrogens with one attached hydrogen (secondary N) is 1. The lowest BCUT2D eigenvalue weighted by Crippen LogP contribution is -2.34. The van der Waals surface area contributed by atoms with Crippen LogP contribution in [0.4, 0.5) is 5.69 Å².